The first-order valence-electron chi connectivity index (χ1n) is 15.5. The number of hydrogen-bond acceptors (Lipinski definition) is 7. The number of ketones is 1. The zero-order chi connectivity index (χ0) is 31.9. The zero-order valence-electron chi connectivity index (χ0n) is 25.4. The monoisotopic (exact) mass is 611 g/mol. The summed E-state index contributed by atoms with van der Waals surface area (Å²) < 4.78 is 5.81. The molecule has 4 fully saturated rings. The molecule has 234 valence electrons. The second-order valence-electron chi connectivity index (χ2n) is 13.1. The number of nitrogens with one attached hydrogen (secondary N) is 3. The summed E-state index contributed by atoms with van der Waals surface area (Å²) in [6.45, 7) is 4.72. The average molecular weight is 612 g/mol. The predicted molar refractivity (Wildman–Crippen MR) is 162 cm³/mol. The molecule has 6 rings (SSSR count). The van der Waals surface area contributed by atoms with Crippen LogP contribution >= 0.6 is 0 Å². The Morgan fingerprint density at radius 2 is 1.71 bits per heavy atom. The Morgan fingerprint density at radius 3 is 2.31 bits per heavy atom. The normalized spacial score (nSPS) is 24.9. The van der Waals surface area contributed by atoms with E-state index >= 15 is 0 Å². The van der Waals surface area contributed by atoms with Gasteiger partial charge >= 0.3 is 0 Å². The molecule has 5 atom stereocenters. The van der Waals surface area contributed by atoms with Crippen molar-refractivity contribution in [1.29, 1.82) is 5.26 Å². The van der Waals surface area contributed by atoms with Crippen molar-refractivity contribution < 1.29 is 28.7 Å². The number of nitriles is 1. The number of hydrogen-bond donors (Lipinski definition) is 3. The topological polar surface area (TPSA) is 158 Å². The van der Waals surface area contributed by atoms with Gasteiger partial charge < -0.3 is 25.6 Å². The molecule has 2 aromatic carbocycles. The fraction of sp³-hybridized carbons (Fsp3) is 0.471. The number of carbonyl (C=O) groups excluding carboxylic acids is 5. The van der Waals surface area contributed by atoms with Crippen LogP contribution in [0, 0.1) is 34.5 Å². The van der Waals surface area contributed by atoms with E-state index in [2.05, 4.69) is 35.9 Å². The van der Waals surface area contributed by atoms with E-state index in [1.165, 1.54) is 4.90 Å². The first kappa shape index (κ1) is 30.3. The van der Waals surface area contributed by atoms with Crippen LogP contribution in [-0.4, -0.2) is 72.1 Å². The number of likely N-dealkylation sites (tertiary alicyclic amines) is 1. The van der Waals surface area contributed by atoms with Crippen molar-refractivity contribution in [1.82, 2.24) is 20.9 Å². The van der Waals surface area contributed by atoms with Gasteiger partial charge in [-0.3, -0.25) is 24.0 Å². The molecule has 4 amide bonds. The van der Waals surface area contributed by atoms with Gasteiger partial charge in [-0.25, -0.2) is 0 Å². The Hall–Kier alpha value is -4.72. The minimum atomic E-state index is -1.17. The van der Waals surface area contributed by atoms with Crippen LogP contribution in [0.1, 0.15) is 45.1 Å². The number of piperidine rings is 1. The predicted octanol–water partition coefficient (Wildman–Crippen LogP) is 1.95. The highest BCUT2D eigenvalue weighted by Gasteiger charge is 2.69. The van der Waals surface area contributed by atoms with E-state index in [4.69, 9.17) is 10.00 Å². The fourth-order valence-corrected chi connectivity index (χ4v) is 6.84. The molecule has 11 heteroatoms. The number of amides is 4. The molecule has 0 aromatic heterocycles. The largest absolute Gasteiger partial charge is 0.484 e. The molecular weight excluding hydrogens is 574 g/mol. The molecule has 4 aliphatic rings. The highest BCUT2D eigenvalue weighted by atomic mass is 16.5. The van der Waals surface area contributed by atoms with Crippen molar-refractivity contribution in [2.24, 2.45) is 23.2 Å². The van der Waals surface area contributed by atoms with E-state index in [0.717, 1.165) is 24.0 Å². The SMILES string of the molecule is CC1(C)[C@@H]2[C@@H](C(=O)N[C@@H](C[C@@H]3CCNC3=O)C(=O)C(=O)NC3CC3)N(C(=O)COc3ccc(-c4ccc(C#N)cc4)cc3)C[C@@H]21. The van der Waals surface area contributed by atoms with Crippen molar-refractivity contribution in [2.75, 3.05) is 19.7 Å². The Labute approximate surface area is 261 Å². The molecular formula is C34H37N5O6. The molecule has 2 aromatic rings. The molecule has 2 heterocycles. The van der Waals surface area contributed by atoms with E-state index in [-0.39, 0.29) is 48.1 Å². The number of benzene rings is 2. The van der Waals surface area contributed by atoms with Crippen LogP contribution < -0.4 is 20.7 Å². The third kappa shape index (κ3) is 6.27. The molecule has 2 saturated carbocycles. The van der Waals surface area contributed by atoms with Crippen LogP contribution in [-0.2, 0) is 24.0 Å². The number of Topliss-reactive ketones (excluding diaryl/α,β-unsaturated/α-hetero) is 1. The lowest BCUT2D eigenvalue weighted by Gasteiger charge is -2.31. The summed E-state index contributed by atoms with van der Waals surface area (Å²) in [5.74, 6) is -2.55. The van der Waals surface area contributed by atoms with Gasteiger partial charge in [0.25, 0.3) is 11.8 Å². The van der Waals surface area contributed by atoms with Gasteiger partial charge in [0.15, 0.2) is 6.61 Å². The lowest BCUT2D eigenvalue weighted by molar-refractivity contribution is -0.144. The molecule has 3 N–H and O–H groups in total. The van der Waals surface area contributed by atoms with E-state index in [1.807, 2.05) is 24.3 Å². The van der Waals surface area contributed by atoms with Gasteiger partial charge in [-0.05, 0) is 78.3 Å². The van der Waals surface area contributed by atoms with Crippen LogP contribution in [0.3, 0.4) is 0 Å². The van der Waals surface area contributed by atoms with Crippen LogP contribution in [0.5, 0.6) is 5.75 Å². The number of nitrogens with zero attached hydrogens (tertiary/aromatic N) is 2. The number of fused-ring (bicyclic) bond motifs is 1. The van der Waals surface area contributed by atoms with Crippen LogP contribution in [0.25, 0.3) is 11.1 Å². The standard InChI is InChI=1S/C34H37N5O6/c1-34(2)25-17-39(27(40)18-45-24-11-7-21(8-12-24)20-5-3-19(16-35)4-6-20)29(28(25)34)32(43)38-26(15-22-13-14-36-31(22)42)30(41)33(44)37-23-9-10-23/h3-8,11-12,22-23,25-26,28-29H,9-10,13-15,17-18H2,1-2H3,(H,36,42)(H,37,44)(H,38,43)/t22-,25-,26-,28-,29-/m0/s1. The van der Waals surface area contributed by atoms with Gasteiger partial charge in [0, 0.05) is 25.0 Å². The smallest absolute Gasteiger partial charge is 0.289 e. The Kier molecular flexibility index (Phi) is 8.08. The van der Waals surface area contributed by atoms with Gasteiger partial charge in [0.2, 0.25) is 17.6 Å². The van der Waals surface area contributed by atoms with Crippen molar-refractivity contribution in [3.05, 3.63) is 54.1 Å². The molecule has 0 bridgehead atoms. The molecule has 0 unspecified atom stereocenters. The number of ether oxygens (including phenoxy) is 1. The highest BCUT2D eigenvalue weighted by molar-refractivity contribution is 6.38. The molecule has 2 aliphatic carbocycles. The van der Waals surface area contributed by atoms with Gasteiger partial charge in [-0.15, -0.1) is 0 Å². The summed E-state index contributed by atoms with van der Waals surface area (Å²) in [7, 11) is 0. The van der Waals surface area contributed by atoms with Gasteiger partial charge in [-0.2, -0.15) is 5.26 Å². The molecule has 45 heavy (non-hydrogen) atoms. The number of rotatable bonds is 11. The lowest BCUT2D eigenvalue weighted by Crippen LogP contribution is -2.56. The third-order valence-corrected chi connectivity index (χ3v) is 9.81. The Morgan fingerprint density at radius 1 is 1.04 bits per heavy atom. The van der Waals surface area contributed by atoms with Crippen molar-refractivity contribution in [2.45, 2.75) is 57.7 Å². The Bertz CT molecular complexity index is 1560. The Balaban J connectivity index is 1.12. The average Bonchev–Trinajstić information content (AvgIpc) is 3.81. The summed E-state index contributed by atoms with van der Waals surface area (Å²) in [6.07, 6.45) is 2.15. The van der Waals surface area contributed by atoms with E-state index < -0.39 is 35.6 Å². The third-order valence-electron chi connectivity index (χ3n) is 9.81. The van der Waals surface area contributed by atoms with Gasteiger partial charge in [0.1, 0.15) is 11.8 Å². The zero-order valence-corrected chi connectivity index (χ0v) is 25.4. The second kappa shape index (κ2) is 12.0. The van der Waals surface area contributed by atoms with Crippen LogP contribution in [0.15, 0.2) is 48.5 Å². The van der Waals surface area contributed by atoms with Gasteiger partial charge in [0.05, 0.1) is 17.7 Å². The molecule has 2 aliphatic heterocycles. The molecule has 0 spiro atoms. The first-order valence-corrected chi connectivity index (χ1v) is 15.5. The van der Waals surface area contributed by atoms with Crippen molar-refractivity contribution in [3.63, 3.8) is 0 Å². The summed E-state index contributed by atoms with van der Waals surface area (Å²) in [5, 5.41) is 17.2. The second-order valence-corrected chi connectivity index (χ2v) is 13.1. The summed E-state index contributed by atoms with van der Waals surface area (Å²) >= 11 is 0. The highest BCUT2D eigenvalue weighted by Crippen LogP contribution is 2.64. The minimum Gasteiger partial charge on any atom is -0.484 e. The summed E-state index contributed by atoms with van der Waals surface area (Å²) in [4.78, 5) is 67.0. The maximum absolute atomic E-state index is 13.9. The van der Waals surface area contributed by atoms with E-state index in [0.29, 0.717) is 30.8 Å². The summed E-state index contributed by atoms with van der Waals surface area (Å²) in [6, 6.07) is 14.6. The van der Waals surface area contributed by atoms with Crippen LogP contribution in [0.2, 0.25) is 0 Å². The van der Waals surface area contributed by atoms with E-state index in [9.17, 15) is 24.0 Å². The molecule has 0 radical (unpaired) electrons. The van der Waals surface area contributed by atoms with E-state index in [1.54, 1.807) is 24.3 Å². The first-order chi connectivity index (χ1) is 21.6. The quantitative estimate of drug-likeness (QED) is 0.328. The lowest BCUT2D eigenvalue weighted by atomic mass is 9.94. The maximum atomic E-state index is 13.9. The summed E-state index contributed by atoms with van der Waals surface area (Å²) in [5.41, 5.74) is 2.30. The molecule has 2 saturated heterocycles. The maximum Gasteiger partial charge on any atom is 0.289 e. The van der Waals surface area contributed by atoms with Crippen molar-refractivity contribution in [3.8, 4) is 22.9 Å². The number of carbonyl (C=O) groups is 5. The van der Waals surface area contributed by atoms with Gasteiger partial charge in [-0.1, -0.05) is 38.1 Å². The fourth-order valence-electron chi connectivity index (χ4n) is 6.84. The van der Waals surface area contributed by atoms with Crippen molar-refractivity contribution >= 4 is 29.4 Å². The molecule has 11 nitrogen and oxygen atoms in total. The van der Waals surface area contributed by atoms with Crippen LogP contribution in [0.4, 0.5) is 0 Å². The minimum absolute atomic E-state index is 0.0220.